The molecule has 0 fully saturated rings. The molecule has 4 heteroatoms. The maximum Gasteiger partial charge on any atom is 0.102 e. The van der Waals surface area contributed by atoms with Crippen molar-refractivity contribution in [1.82, 2.24) is 0 Å². The molecule has 0 rings (SSSR count). The average Bonchev–Trinajstić information content (AvgIpc) is 2.51. The zero-order valence-corrected chi connectivity index (χ0v) is 17.4. The van der Waals surface area contributed by atoms with Crippen molar-refractivity contribution in [2.24, 2.45) is 0 Å². The van der Waals surface area contributed by atoms with Gasteiger partial charge < -0.3 is 20.5 Å². The lowest BCUT2D eigenvalue weighted by Gasteiger charge is -2.43. The Bertz CT molecular complexity index is 283. The second-order valence-corrected chi connectivity index (χ2v) is 8.23. The van der Waals surface area contributed by atoms with Gasteiger partial charge in [0.1, 0.15) is 5.54 Å². The lowest BCUT2D eigenvalue weighted by Crippen LogP contribution is -3.14. The molecule has 3 atom stereocenters. The van der Waals surface area contributed by atoms with Crippen LogP contribution in [0.3, 0.4) is 0 Å². The van der Waals surface area contributed by atoms with Gasteiger partial charge in [-0.15, -0.1) is 0 Å². The number of unbranched alkanes of at least 4 members (excludes halogenated alkanes) is 10. The first kappa shape index (κ1) is 24.8. The van der Waals surface area contributed by atoms with Crippen LogP contribution in [-0.4, -0.2) is 35.0 Å². The predicted molar refractivity (Wildman–Crippen MR) is 107 cm³/mol. The average molecular weight is 360 g/mol. The van der Waals surface area contributed by atoms with Gasteiger partial charge in [-0.3, -0.25) is 0 Å². The van der Waals surface area contributed by atoms with Crippen LogP contribution in [-0.2, 0) is 0 Å². The highest BCUT2D eigenvalue weighted by molar-refractivity contribution is 4.83. The molecule has 3 N–H and O–H groups in total. The van der Waals surface area contributed by atoms with E-state index < -0.39 is 17.7 Å². The van der Waals surface area contributed by atoms with Crippen molar-refractivity contribution in [3.8, 4) is 0 Å². The number of nitrogens with one attached hydrogen (secondary N) is 1. The Labute approximate surface area is 156 Å². The van der Waals surface area contributed by atoms with E-state index in [1.165, 1.54) is 57.8 Å². The fourth-order valence-corrected chi connectivity index (χ4v) is 4.01. The summed E-state index contributed by atoms with van der Waals surface area (Å²) in [6.07, 6.45) is 14.9. The fraction of sp³-hybridized carbons (Fsp3) is 1.00. The minimum atomic E-state index is -0.554. The van der Waals surface area contributed by atoms with Gasteiger partial charge >= 0.3 is 0 Å². The normalized spacial score (nSPS) is 17.9. The Balaban J connectivity index is 3.98. The minimum absolute atomic E-state index is 0.112. The maximum absolute atomic E-state index is 12.2. The Morgan fingerprint density at radius 3 is 1.44 bits per heavy atom. The number of aliphatic hydroxyl groups excluding tert-OH is 2. The molecular weight excluding hydrogens is 314 g/mol. The van der Waals surface area contributed by atoms with Crippen LogP contribution in [0.2, 0.25) is 0 Å². The number of hydroxylamine groups is 2. The second-order valence-electron chi connectivity index (χ2n) is 8.23. The topological polar surface area (TPSA) is 68.0 Å². The number of quaternary nitrogens is 1. The van der Waals surface area contributed by atoms with Gasteiger partial charge in [-0.25, -0.2) is 0 Å². The molecule has 0 heterocycles. The molecule has 0 saturated heterocycles. The summed E-state index contributed by atoms with van der Waals surface area (Å²) in [6.45, 7) is 5.73. The zero-order chi connectivity index (χ0) is 19.1. The number of aliphatic hydroxyl groups is 2. The molecule has 0 saturated carbocycles. The van der Waals surface area contributed by atoms with Crippen LogP contribution in [0.25, 0.3) is 0 Å². The molecule has 0 aliphatic rings. The van der Waals surface area contributed by atoms with Crippen LogP contribution in [0.4, 0.5) is 0 Å². The number of hydrogen-bond acceptors (Lipinski definition) is 3. The van der Waals surface area contributed by atoms with Gasteiger partial charge in [0.25, 0.3) is 0 Å². The largest absolute Gasteiger partial charge is 0.634 e. The Hall–Kier alpha value is -0.160. The second kappa shape index (κ2) is 15.0. The Morgan fingerprint density at radius 1 is 0.760 bits per heavy atom. The van der Waals surface area contributed by atoms with Crippen molar-refractivity contribution in [3.63, 3.8) is 0 Å². The van der Waals surface area contributed by atoms with Crippen LogP contribution in [0, 0.1) is 5.21 Å². The SMILES string of the molecule is CCCCCCCCCCCCCC(CC(C)O)(CC(C)O)[NH+](C)[O-]. The first-order chi connectivity index (χ1) is 11.8. The predicted octanol–water partition coefficient (Wildman–Crippen LogP) is 3.98. The van der Waals surface area contributed by atoms with Crippen molar-refractivity contribution in [2.45, 2.75) is 128 Å². The number of rotatable bonds is 17. The number of hydrogen-bond donors (Lipinski definition) is 3. The van der Waals surface area contributed by atoms with Crippen LogP contribution in [0.5, 0.6) is 0 Å². The third-order valence-corrected chi connectivity index (χ3v) is 5.38. The van der Waals surface area contributed by atoms with E-state index in [2.05, 4.69) is 6.92 Å². The van der Waals surface area contributed by atoms with Gasteiger partial charge in [-0.1, -0.05) is 71.1 Å². The van der Waals surface area contributed by atoms with Crippen LogP contribution in [0.1, 0.15) is 111 Å². The molecule has 0 amide bonds. The molecule has 0 aromatic heterocycles. The lowest BCUT2D eigenvalue weighted by atomic mass is 9.81. The molecule has 152 valence electrons. The van der Waals surface area contributed by atoms with Gasteiger partial charge in [0.05, 0.1) is 19.3 Å². The van der Waals surface area contributed by atoms with Gasteiger partial charge in [0.15, 0.2) is 0 Å². The first-order valence-electron chi connectivity index (χ1n) is 10.7. The van der Waals surface area contributed by atoms with E-state index in [1.54, 1.807) is 20.9 Å². The van der Waals surface area contributed by atoms with E-state index in [0.29, 0.717) is 12.8 Å². The van der Waals surface area contributed by atoms with Crippen molar-refractivity contribution in [2.75, 3.05) is 7.05 Å². The summed E-state index contributed by atoms with van der Waals surface area (Å²) in [5.74, 6) is 0. The van der Waals surface area contributed by atoms with E-state index in [4.69, 9.17) is 0 Å². The summed E-state index contributed by atoms with van der Waals surface area (Å²) >= 11 is 0. The first-order valence-corrected chi connectivity index (χ1v) is 10.7. The summed E-state index contributed by atoms with van der Waals surface area (Å²) in [5, 5.41) is 31.9. The van der Waals surface area contributed by atoms with Crippen LogP contribution in [0.15, 0.2) is 0 Å². The van der Waals surface area contributed by atoms with Crippen LogP contribution < -0.4 is 5.06 Å². The molecule has 0 spiro atoms. The molecule has 0 aliphatic carbocycles. The smallest absolute Gasteiger partial charge is 0.102 e. The van der Waals surface area contributed by atoms with Crippen molar-refractivity contribution >= 4 is 0 Å². The highest BCUT2D eigenvalue weighted by Crippen LogP contribution is 2.24. The monoisotopic (exact) mass is 359 g/mol. The zero-order valence-electron chi connectivity index (χ0n) is 17.4. The molecule has 4 nitrogen and oxygen atoms in total. The summed E-state index contributed by atoms with van der Waals surface area (Å²) in [7, 11) is 1.61. The Kier molecular flexibility index (Phi) is 14.9. The fourth-order valence-electron chi connectivity index (χ4n) is 4.01. The summed E-state index contributed by atoms with van der Waals surface area (Å²) in [6, 6.07) is 0. The third kappa shape index (κ3) is 12.8. The van der Waals surface area contributed by atoms with E-state index in [1.807, 2.05) is 0 Å². The lowest BCUT2D eigenvalue weighted by molar-refractivity contribution is -0.889. The van der Waals surface area contributed by atoms with Gasteiger partial charge in [-0.05, 0) is 20.3 Å². The molecule has 0 aromatic rings. The quantitative estimate of drug-likeness (QED) is 0.272. The van der Waals surface area contributed by atoms with E-state index >= 15 is 0 Å². The standard InChI is InChI=1S/C21H45NO3/c1-5-6-7-8-9-10-11-12-13-14-15-16-21(22(4)25,17-19(2)23)18-20(3)24/h19-20,22-24H,5-18H2,1-4H3. The van der Waals surface area contributed by atoms with Crippen LogP contribution >= 0.6 is 0 Å². The van der Waals surface area contributed by atoms with E-state index in [-0.39, 0.29) is 5.06 Å². The van der Waals surface area contributed by atoms with Gasteiger partial charge in [0.2, 0.25) is 0 Å². The van der Waals surface area contributed by atoms with Crippen molar-refractivity contribution in [3.05, 3.63) is 5.21 Å². The molecule has 0 bridgehead atoms. The minimum Gasteiger partial charge on any atom is -0.634 e. The summed E-state index contributed by atoms with van der Waals surface area (Å²) in [4.78, 5) is 0. The molecule has 0 aromatic carbocycles. The Morgan fingerprint density at radius 2 is 1.12 bits per heavy atom. The van der Waals surface area contributed by atoms with Crippen molar-refractivity contribution in [1.29, 1.82) is 0 Å². The highest BCUT2D eigenvalue weighted by atomic mass is 16.5. The summed E-state index contributed by atoms with van der Waals surface area (Å²) < 4.78 is 0. The third-order valence-electron chi connectivity index (χ3n) is 5.38. The van der Waals surface area contributed by atoms with Gasteiger partial charge in [0, 0.05) is 19.3 Å². The molecule has 25 heavy (non-hydrogen) atoms. The summed E-state index contributed by atoms with van der Waals surface area (Å²) in [5.41, 5.74) is -0.554. The van der Waals surface area contributed by atoms with E-state index in [0.717, 1.165) is 19.3 Å². The molecular formula is C21H45NO3. The maximum atomic E-state index is 12.2. The molecule has 3 unspecified atom stereocenters. The molecule has 0 radical (unpaired) electrons. The van der Waals surface area contributed by atoms with E-state index in [9.17, 15) is 15.4 Å². The van der Waals surface area contributed by atoms with Gasteiger partial charge in [-0.2, -0.15) is 0 Å². The molecule has 0 aliphatic heterocycles. The highest BCUT2D eigenvalue weighted by Gasteiger charge is 2.37. The van der Waals surface area contributed by atoms with Crippen molar-refractivity contribution < 1.29 is 15.3 Å².